The summed E-state index contributed by atoms with van der Waals surface area (Å²) in [5.74, 6) is 0.148. The van der Waals surface area contributed by atoms with Crippen molar-refractivity contribution in [3.05, 3.63) is 65.2 Å². The van der Waals surface area contributed by atoms with Crippen molar-refractivity contribution >= 4 is 40.1 Å². The van der Waals surface area contributed by atoms with E-state index in [1.165, 1.54) is 18.5 Å². The number of hydrogen-bond donors (Lipinski definition) is 0. The summed E-state index contributed by atoms with van der Waals surface area (Å²) in [6, 6.07) is 11.6. The van der Waals surface area contributed by atoms with Gasteiger partial charge in [-0.15, -0.1) is 0 Å². The second-order valence-corrected chi connectivity index (χ2v) is 8.97. The number of amides is 1. The molecule has 1 atom stereocenters. The third-order valence-corrected chi connectivity index (χ3v) is 6.54. The van der Waals surface area contributed by atoms with Gasteiger partial charge in [-0.05, 0) is 61.7 Å². The van der Waals surface area contributed by atoms with Crippen LogP contribution in [0.1, 0.15) is 18.4 Å². The van der Waals surface area contributed by atoms with Crippen LogP contribution in [0.3, 0.4) is 0 Å². The Balaban J connectivity index is 1.45. The van der Waals surface area contributed by atoms with Gasteiger partial charge < -0.3 is 14.3 Å². The Morgan fingerprint density at radius 1 is 1.21 bits per heavy atom. The second-order valence-electron chi connectivity index (χ2n) is 8.53. The lowest BCUT2D eigenvalue weighted by Crippen LogP contribution is -2.44. The molecule has 174 valence electrons. The zero-order valence-corrected chi connectivity index (χ0v) is 19.6. The molecular weight excluding hydrogens is 457 g/mol. The van der Waals surface area contributed by atoms with E-state index in [2.05, 4.69) is 20.0 Å². The van der Waals surface area contributed by atoms with Gasteiger partial charge in [-0.1, -0.05) is 22.8 Å². The Bertz CT molecular complexity index is 1360. The van der Waals surface area contributed by atoms with Crippen molar-refractivity contribution in [1.29, 1.82) is 0 Å². The van der Waals surface area contributed by atoms with E-state index >= 15 is 0 Å². The first-order valence-corrected chi connectivity index (χ1v) is 11.4. The number of benzene rings is 2. The molecule has 1 aliphatic rings. The fourth-order valence-corrected chi connectivity index (χ4v) is 4.69. The normalized spacial score (nSPS) is 16.1. The van der Waals surface area contributed by atoms with Gasteiger partial charge in [-0.2, -0.15) is 4.98 Å². The monoisotopic (exact) mass is 479 g/mol. The van der Waals surface area contributed by atoms with Crippen LogP contribution in [0.5, 0.6) is 0 Å². The maximum atomic E-state index is 13.4. The summed E-state index contributed by atoms with van der Waals surface area (Å²) in [4.78, 5) is 25.9. The van der Waals surface area contributed by atoms with Crippen LogP contribution in [-0.4, -0.2) is 41.2 Å². The first kappa shape index (κ1) is 22.3. The lowest BCUT2D eigenvalue weighted by molar-refractivity contribution is -0.122. The zero-order valence-electron chi connectivity index (χ0n) is 18.8. The molecule has 0 saturated carbocycles. The maximum absolute atomic E-state index is 13.4. The molecule has 5 rings (SSSR count). The molecule has 3 heterocycles. The number of rotatable bonds is 4. The Kier molecular flexibility index (Phi) is 5.91. The molecule has 2 aromatic carbocycles. The predicted octanol–water partition coefficient (Wildman–Crippen LogP) is 5.27. The van der Waals surface area contributed by atoms with Crippen LogP contribution < -0.4 is 9.80 Å². The van der Waals surface area contributed by atoms with E-state index < -0.39 is 0 Å². The fraction of sp³-hybridized carbons (Fsp3) is 0.280. The van der Waals surface area contributed by atoms with Gasteiger partial charge in [-0.3, -0.25) is 4.79 Å². The molecule has 0 radical (unpaired) electrons. The Labute approximate surface area is 201 Å². The molecule has 1 amide bonds. The molecule has 0 N–H and O–H groups in total. The molecule has 1 fully saturated rings. The Hall–Kier alpha value is -3.52. The average Bonchev–Trinajstić information content (AvgIpc) is 3.29. The van der Waals surface area contributed by atoms with Gasteiger partial charge in [0, 0.05) is 36.4 Å². The Morgan fingerprint density at radius 2 is 2.00 bits per heavy atom. The highest BCUT2D eigenvalue weighted by atomic mass is 35.5. The minimum Gasteiger partial charge on any atom is -0.355 e. The van der Waals surface area contributed by atoms with Gasteiger partial charge in [0.2, 0.25) is 5.91 Å². The number of piperidine rings is 1. The van der Waals surface area contributed by atoms with Gasteiger partial charge in [0.1, 0.15) is 29.0 Å². The number of carbonyl (C=O) groups is 1. The van der Waals surface area contributed by atoms with E-state index in [1.807, 2.05) is 25.1 Å². The van der Waals surface area contributed by atoms with Gasteiger partial charge in [0.05, 0.1) is 5.92 Å². The molecular formula is C25H23ClFN5O2. The van der Waals surface area contributed by atoms with Crippen molar-refractivity contribution in [2.75, 3.05) is 29.9 Å². The Morgan fingerprint density at radius 3 is 2.79 bits per heavy atom. The van der Waals surface area contributed by atoms with Crippen LogP contribution in [0.15, 0.2) is 53.3 Å². The van der Waals surface area contributed by atoms with Crippen LogP contribution in [-0.2, 0) is 4.79 Å². The van der Waals surface area contributed by atoms with E-state index in [9.17, 15) is 9.18 Å². The summed E-state index contributed by atoms with van der Waals surface area (Å²) in [5.41, 5.74) is 3.39. The molecule has 0 aliphatic carbocycles. The fourth-order valence-electron chi connectivity index (χ4n) is 4.52. The highest BCUT2D eigenvalue weighted by Crippen LogP contribution is 2.35. The highest BCUT2D eigenvalue weighted by molar-refractivity contribution is 6.31. The molecule has 0 spiro atoms. The quantitative estimate of drug-likeness (QED) is 0.397. The lowest BCUT2D eigenvalue weighted by atomic mass is 9.95. The number of hydrogen-bond acceptors (Lipinski definition) is 6. The summed E-state index contributed by atoms with van der Waals surface area (Å²) in [6.07, 6.45) is 3.05. The number of carbonyl (C=O) groups excluding carboxylic acids is 1. The number of aromatic nitrogens is 3. The van der Waals surface area contributed by atoms with E-state index in [4.69, 9.17) is 16.1 Å². The van der Waals surface area contributed by atoms with Crippen molar-refractivity contribution < 1.29 is 13.7 Å². The zero-order chi connectivity index (χ0) is 23.8. The molecule has 0 unspecified atom stereocenters. The van der Waals surface area contributed by atoms with Gasteiger partial charge in [0.15, 0.2) is 0 Å². The number of aryl methyl sites for hydroxylation is 1. The van der Waals surface area contributed by atoms with Crippen LogP contribution >= 0.6 is 11.6 Å². The van der Waals surface area contributed by atoms with E-state index in [-0.39, 0.29) is 17.6 Å². The van der Waals surface area contributed by atoms with E-state index in [0.717, 1.165) is 30.6 Å². The van der Waals surface area contributed by atoms with Crippen molar-refractivity contribution in [2.45, 2.75) is 19.8 Å². The summed E-state index contributed by atoms with van der Waals surface area (Å²) >= 11 is 6.18. The molecule has 4 aromatic rings. The molecule has 0 bridgehead atoms. The van der Waals surface area contributed by atoms with E-state index in [1.54, 1.807) is 24.1 Å². The second kappa shape index (κ2) is 9.02. The number of nitrogens with zero attached hydrogens (tertiary/aromatic N) is 5. The minimum absolute atomic E-state index is 0.0319. The first-order valence-electron chi connectivity index (χ1n) is 11.1. The van der Waals surface area contributed by atoms with Gasteiger partial charge in [0.25, 0.3) is 5.71 Å². The van der Waals surface area contributed by atoms with E-state index in [0.29, 0.717) is 39.7 Å². The van der Waals surface area contributed by atoms with Crippen LogP contribution in [0.2, 0.25) is 5.02 Å². The predicted molar refractivity (Wildman–Crippen MR) is 130 cm³/mol. The van der Waals surface area contributed by atoms with Crippen LogP contribution in [0, 0.1) is 18.7 Å². The maximum Gasteiger partial charge on any atom is 0.263 e. The molecule has 34 heavy (non-hydrogen) atoms. The highest BCUT2D eigenvalue weighted by Gasteiger charge is 2.31. The SMILES string of the molecule is Cc1ccc(Cl)cc1N(C)C(=O)[C@H]1CCCN(c2ncnc3onc(-c4ccc(F)cc4)c23)C1. The van der Waals surface area contributed by atoms with Crippen molar-refractivity contribution in [2.24, 2.45) is 5.92 Å². The summed E-state index contributed by atoms with van der Waals surface area (Å²) in [6.45, 7) is 3.20. The smallest absolute Gasteiger partial charge is 0.263 e. The third kappa shape index (κ3) is 4.09. The first-order chi connectivity index (χ1) is 16.4. The van der Waals surface area contributed by atoms with Crippen molar-refractivity contribution in [3.8, 4) is 11.3 Å². The van der Waals surface area contributed by atoms with Crippen molar-refractivity contribution in [1.82, 2.24) is 15.1 Å². The molecule has 1 saturated heterocycles. The molecule has 7 nitrogen and oxygen atoms in total. The largest absolute Gasteiger partial charge is 0.355 e. The third-order valence-electron chi connectivity index (χ3n) is 6.30. The molecule has 1 aliphatic heterocycles. The van der Waals surface area contributed by atoms with Gasteiger partial charge >= 0.3 is 0 Å². The summed E-state index contributed by atoms with van der Waals surface area (Å²) in [5, 5.41) is 5.42. The summed E-state index contributed by atoms with van der Waals surface area (Å²) in [7, 11) is 1.79. The molecule has 2 aromatic heterocycles. The van der Waals surface area contributed by atoms with Gasteiger partial charge in [-0.25, -0.2) is 9.37 Å². The van der Waals surface area contributed by atoms with Crippen molar-refractivity contribution in [3.63, 3.8) is 0 Å². The minimum atomic E-state index is -0.329. The number of anilines is 2. The average molecular weight is 480 g/mol. The number of halogens is 2. The van der Waals surface area contributed by atoms with Crippen LogP contribution in [0.25, 0.3) is 22.4 Å². The lowest BCUT2D eigenvalue weighted by Gasteiger charge is -2.35. The molecule has 9 heteroatoms. The standard InChI is InChI=1S/C25H23ClFN5O2/c1-15-5-8-18(26)12-20(15)31(2)25(33)17-4-3-11-32(13-17)23-21-22(16-6-9-19(27)10-7-16)30-34-24(21)29-14-28-23/h5-10,12,14,17H,3-4,11,13H2,1-2H3/t17-/m0/s1. The number of fused-ring (bicyclic) bond motifs is 1. The summed E-state index contributed by atoms with van der Waals surface area (Å²) < 4.78 is 18.9. The van der Waals surface area contributed by atoms with Crippen LogP contribution in [0.4, 0.5) is 15.9 Å². The topological polar surface area (TPSA) is 75.4 Å².